The predicted octanol–water partition coefficient (Wildman–Crippen LogP) is 3.47. The average molecular weight is 298 g/mol. The first-order chi connectivity index (χ1) is 9.40. The number of carbonyl (C=O) groups is 1. The van der Waals surface area contributed by atoms with Crippen LogP contribution in [-0.2, 0) is 10.5 Å². The standard InChI is InChI=1S/C15H26N2O2S/c1-10(2)6-7-11(3)16-15(18)9-20-8-14-12(4)17-19-13(14)5/h10-11H,6-9H2,1-5H3,(H,16,18). The topological polar surface area (TPSA) is 55.1 Å². The van der Waals surface area contributed by atoms with Gasteiger partial charge in [-0.1, -0.05) is 19.0 Å². The second kappa shape index (κ2) is 8.35. The average Bonchev–Trinajstić information content (AvgIpc) is 2.68. The summed E-state index contributed by atoms with van der Waals surface area (Å²) in [5, 5.41) is 6.96. The second-order valence-corrected chi connectivity index (χ2v) is 6.72. The van der Waals surface area contributed by atoms with Crippen LogP contribution in [0.4, 0.5) is 0 Å². The molecule has 1 heterocycles. The van der Waals surface area contributed by atoms with Gasteiger partial charge in [0.05, 0.1) is 11.4 Å². The van der Waals surface area contributed by atoms with Gasteiger partial charge >= 0.3 is 0 Å². The molecular formula is C15H26N2O2S. The maximum Gasteiger partial charge on any atom is 0.230 e. The molecule has 1 unspecified atom stereocenters. The molecule has 0 saturated heterocycles. The Labute approximate surface area is 126 Å². The number of nitrogens with one attached hydrogen (secondary N) is 1. The fraction of sp³-hybridized carbons (Fsp3) is 0.733. The van der Waals surface area contributed by atoms with Crippen LogP contribution in [0.2, 0.25) is 0 Å². The lowest BCUT2D eigenvalue weighted by Crippen LogP contribution is -2.34. The molecule has 20 heavy (non-hydrogen) atoms. The maximum absolute atomic E-state index is 11.8. The lowest BCUT2D eigenvalue weighted by atomic mass is 10.0. The minimum atomic E-state index is 0.109. The van der Waals surface area contributed by atoms with E-state index < -0.39 is 0 Å². The molecule has 114 valence electrons. The summed E-state index contributed by atoms with van der Waals surface area (Å²) in [7, 11) is 0. The molecular weight excluding hydrogens is 272 g/mol. The van der Waals surface area contributed by atoms with Gasteiger partial charge in [0, 0.05) is 17.4 Å². The molecule has 0 radical (unpaired) electrons. The highest BCUT2D eigenvalue weighted by molar-refractivity contribution is 7.99. The number of rotatable bonds is 8. The first-order valence-electron chi connectivity index (χ1n) is 7.19. The Bertz CT molecular complexity index is 410. The van der Waals surface area contributed by atoms with E-state index in [1.165, 1.54) is 0 Å². The third-order valence-corrected chi connectivity index (χ3v) is 4.20. The molecule has 1 amide bonds. The van der Waals surface area contributed by atoms with Gasteiger partial charge in [0.2, 0.25) is 5.91 Å². The Kier molecular flexibility index (Phi) is 7.13. The quantitative estimate of drug-likeness (QED) is 0.798. The van der Waals surface area contributed by atoms with E-state index in [2.05, 4.69) is 31.2 Å². The molecule has 5 heteroatoms. The van der Waals surface area contributed by atoms with Crippen molar-refractivity contribution in [2.24, 2.45) is 5.92 Å². The smallest absolute Gasteiger partial charge is 0.230 e. The summed E-state index contributed by atoms with van der Waals surface area (Å²) in [6.07, 6.45) is 2.19. The molecule has 0 fully saturated rings. The van der Waals surface area contributed by atoms with Crippen molar-refractivity contribution >= 4 is 17.7 Å². The molecule has 1 rings (SSSR count). The van der Waals surface area contributed by atoms with Gasteiger partial charge in [-0.2, -0.15) is 0 Å². The van der Waals surface area contributed by atoms with Gasteiger partial charge in [0.15, 0.2) is 0 Å². The van der Waals surface area contributed by atoms with E-state index >= 15 is 0 Å². The van der Waals surface area contributed by atoms with Crippen LogP contribution in [0.1, 0.15) is 50.6 Å². The van der Waals surface area contributed by atoms with Crippen LogP contribution >= 0.6 is 11.8 Å². The van der Waals surface area contributed by atoms with Crippen LogP contribution in [0.25, 0.3) is 0 Å². The Hall–Kier alpha value is -0.970. The molecule has 0 bridgehead atoms. The van der Waals surface area contributed by atoms with Crippen molar-refractivity contribution in [2.45, 2.75) is 59.3 Å². The molecule has 1 aromatic rings. The van der Waals surface area contributed by atoms with Crippen LogP contribution in [0.5, 0.6) is 0 Å². The Morgan fingerprint density at radius 2 is 2.00 bits per heavy atom. The van der Waals surface area contributed by atoms with Crippen molar-refractivity contribution in [3.05, 3.63) is 17.0 Å². The molecule has 1 N–H and O–H groups in total. The lowest BCUT2D eigenvalue weighted by Gasteiger charge is -2.14. The van der Waals surface area contributed by atoms with Crippen LogP contribution in [0.15, 0.2) is 4.52 Å². The van der Waals surface area contributed by atoms with Gasteiger partial charge in [0.25, 0.3) is 0 Å². The minimum absolute atomic E-state index is 0.109. The highest BCUT2D eigenvalue weighted by Gasteiger charge is 2.11. The fourth-order valence-corrected chi connectivity index (χ4v) is 2.91. The van der Waals surface area contributed by atoms with Crippen molar-refractivity contribution in [3.63, 3.8) is 0 Å². The molecule has 0 aliphatic heterocycles. The molecule has 1 aromatic heterocycles. The number of nitrogens with zero attached hydrogens (tertiary/aromatic N) is 1. The van der Waals surface area contributed by atoms with Crippen LogP contribution in [0, 0.1) is 19.8 Å². The zero-order chi connectivity index (χ0) is 15.1. The molecule has 0 spiro atoms. The highest BCUT2D eigenvalue weighted by atomic mass is 32.2. The number of aryl methyl sites for hydroxylation is 2. The van der Waals surface area contributed by atoms with Crippen LogP contribution < -0.4 is 5.32 Å². The number of thioether (sulfide) groups is 1. The predicted molar refractivity (Wildman–Crippen MR) is 83.8 cm³/mol. The van der Waals surface area contributed by atoms with Gasteiger partial charge in [-0.15, -0.1) is 11.8 Å². The van der Waals surface area contributed by atoms with Crippen LogP contribution in [-0.4, -0.2) is 22.9 Å². The zero-order valence-electron chi connectivity index (χ0n) is 13.2. The third kappa shape index (κ3) is 5.99. The number of aromatic nitrogens is 1. The zero-order valence-corrected chi connectivity index (χ0v) is 14.0. The molecule has 4 nitrogen and oxygen atoms in total. The van der Waals surface area contributed by atoms with E-state index in [-0.39, 0.29) is 11.9 Å². The van der Waals surface area contributed by atoms with Gasteiger partial charge in [-0.25, -0.2) is 0 Å². The van der Waals surface area contributed by atoms with Crippen molar-refractivity contribution in [1.29, 1.82) is 0 Å². The van der Waals surface area contributed by atoms with Crippen molar-refractivity contribution in [2.75, 3.05) is 5.75 Å². The van der Waals surface area contributed by atoms with Crippen LogP contribution in [0.3, 0.4) is 0 Å². The minimum Gasteiger partial charge on any atom is -0.361 e. The van der Waals surface area contributed by atoms with E-state index in [0.717, 1.165) is 35.6 Å². The SMILES string of the molecule is Cc1noc(C)c1CSCC(=O)NC(C)CCC(C)C. The first-order valence-corrected chi connectivity index (χ1v) is 8.34. The first kappa shape index (κ1) is 17.1. The summed E-state index contributed by atoms with van der Waals surface area (Å²) < 4.78 is 5.11. The van der Waals surface area contributed by atoms with E-state index in [9.17, 15) is 4.79 Å². The summed E-state index contributed by atoms with van der Waals surface area (Å²) in [4.78, 5) is 11.8. The van der Waals surface area contributed by atoms with E-state index in [4.69, 9.17) is 4.52 Å². The fourth-order valence-electron chi connectivity index (χ4n) is 1.93. The largest absolute Gasteiger partial charge is 0.361 e. The van der Waals surface area contributed by atoms with Crippen molar-refractivity contribution < 1.29 is 9.32 Å². The van der Waals surface area contributed by atoms with E-state index in [1.54, 1.807) is 11.8 Å². The van der Waals surface area contributed by atoms with Crippen molar-refractivity contribution in [1.82, 2.24) is 10.5 Å². The van der Waals surface area contributed by atoms with Gasteiger partial charge in [0.1, 0.15) is 5.76 Å². The third-order valence-electron chi connectivity index (χ3n) is 3.25. The molecule has 0 aromatic carbocycles. The number of hydrogen-bond donors (Lipinski definition) is 1. The Balaban J connectivity index is 2.23. The lowest BCUT2D eigenvalue weighted by molar-refractivity contribution is -0.119. The molecule has 0 aliphatic carbocycles. The summed E-state index contributed by atoms with van der Waals surface area (Å²) in [6, 6.07) is 0.254. The summed E-state index contributed by atoms with van der Waals surface area (Å²) in [6.45, 7) is 10.3. The number of carbonyl (C=O) groups excluding carboxylic acids is 1. The van der Waals surface area contributed by atoms with E-state index in [0.29, 0.717) is 11.7 Å². The summed E-state index contributed by atoms with van der Waals surface area (Å²) in [5.41, 5.74) is 2.02. The Morgan fingerprint density at radius 1 is 1.30 bits per heavy atom. The van der Waals surface area contributed by atoms with Gasteiger partial charge in [-0.3, -0.25) is 4.79 Å². The second-order valence-electron chi connectivity index (χ2n) is 5.74. The van der Waals surface area contributed by atoms with Gasteiger partial charge in [-0.05, 0) is 39.5 Å². The number of hydrogen-bond acceptors (Lipinski definition) is 4. The van der Waals surface area contributed by atoms with Gasteiger partial charge < -0.3 is 9.84 Å². The Morgan fingerprint density at radius 3 is 2.55 bits per heavy atom. The number of amides is 1. The monoisotopic (exact) mass is 298 g/mol. The van der Waals surface area contributed by atoms with E-state index in [1.807, 2.05) is 13.8 Å². The summed E-state index contributed by atoms with van der Waals surface area (Å²) in [5.74, 6) is 2.90. The maximum atomic E-state index is 11.8. The highest BCUT2D eigenvalue weighted by Crippen LogP contribution is 2.19. The molecule has 1 atom stereocenters. The normalized spacial score (nSPS) is 12.7. The molecule has 0 saturated carbocycles. The summed E-state index contributed by atoms with van der Waals surface area (Å²) >= 11 is 1.60. The molecule has 0 aliphatic rings. The van der Waals surface area contributed by atoms with Crippen molar-refractivity contribution in [3.8, 4) is 0 Å².